The Morgan fingerprint density at radius 1 is 1.00 bits per heavy atom. The van der Waals surface area contributed by atoms with Crippen molar-refractivity contribution in [2.24, 2.45) is 0 Å². The fourth-order valence-electron chi connectivity index (χ4n) is 5.01. The van der Waals surface area contributed by atoms with Gasteiger partial charge >= 0.3 is 12.1 Å². The fourth-order valence-corrected chi connectivity index (χ4v) is 5.01. The quantitative estimate of drug-likeness (QED) is 0.212. The highest BCUT2D eigenvalue weighted by atomic mass is 19.1. The van der Waals surface area contributed by atoms with E-state index in [-0.39, 0.29) is 28.2 Å². The molecule has 5 aromatic rings. The molecule has 0 saturated heterocycles. The van der Waals surface area contributed by atoms with Crippen LogP contribution in [0.3, 0.4) is 0 Å². The molecule has 0 spiro atoms. The molecule has 1 saturated carbocycles. The van der Waals surface area contributed by atoms with E-state index in [1.807, 2.05) is 30.3 Å². The van der Waals surface area contributed by atoms with Gasteiger partial charge in [0.15, 0.2) is 11.3 Å². The molecule has 1 amide bonds. The van der Waals surface area contributed by atoms with Crippen LogP contribution in [0.5, 0.6) is 0 Å². The molecular formula is C32H24F2N2O5. The topological polar surface area (TPSA) is 102 Å². The first-order valence-electron chi connectivity index (χ1n) is 13.0. The largest absolute Gasteiger partial charge is 0.481 e. The monoisotopic (exact) mass is 554 g/mol. The third-order valence-corrected chi connectivity index (χ3v) is 7.48. The van der Waals surface area contributed by atoms with Gasteiger partial charge in [0.1, 0.15) is 17.7 Å². The van der Waals surface area contributed by atoms with E-state index in [9.17, 15) is 14.7 Å². The van der Waals surface area contributed by atoms with E-state index in [1.54, 1.807) is 37.3 Å². The van der Waals surface area contributed by atoms with Crippen molar-refractivity contribution in [3.05, 3.63) is 108 Å². The van der Waals surface area contributed by atoms with E-state index < -0.39 is 35.2 Å². The molecular weight excluding hydrogens is 530 g/mol. The Kier molecular flexibility index (Phi) is 6.49. The number of aliphatic carboxylic acids is 1. The number of benzene rings is 3. The number of nitrogens with one attached hydrogen (secondary N) is 1. The number of carbonyl (C=O) groups is 2. The van der Waals surface area contributed by atoms with Crippen molar-refractivity contribution >= 4 is 28.7 Å². The number of carboxylic acids is 1. The minimum Gasteiger partial charge on any atom is -0.481 e. The van der Waals surface area contributed by atoms with Gasteiger partial charge in [-0.25, -0.2) is 13.6 Å². The van der Waals surface area contributed by atoms with Crippen molar-refractivity contribution in [3.8, 4) is 22.5 Å². The number of hydrogen-bond donors (Lipinski definition) is 2. The molecule has 1 aliphatic carbocycles. The molecule has 1 aliphatic rings. The number of carbonyl (C=O) groups excluding carboxylic acids is 1. The Bertz CT molecular complexity index is 1780. The number of hydrogen-bond acceptors (Lipinski definition) is 5. The molecule has 1 fully saturated rings. The normalized spacial score (nSPS) is 14.4. The highest BCUT2D eigenvalue weighted by Gasteiger charge is 2.51. The summed E-state index contributed by atoms with van der Waals surface area (Å²) in [7, 11) is 0. The predicted molar refractivity (Wildman–Crippen MR) is 148 cm³/mol. The van der Waals surface area contributed by atoms with E-state index in [4.69, 9.17) is 9.15 Å². The van der Waals surface area contributed by atoms with Gasteiger partial charge in [-0.05, 0) is 54.7 Å². The zero-order valence-electron chi connectivity index (χ0n) is 21.9. The summed E-state index contributed by atoms with van der Waals surface area (Å²) < 4.78 is 42.4. The molecule has 3 aromatic carbocycles. The molecule has 1 atom stereocenters. The maximum atomic E-state index is 15.6. The van der Waals surface area contributed by atoms with Crippen LogP contribution in [-0.2, 0) is 14.9 Å². The van der Waals surface area contributed by atoms with Crippen LogP contribution in [0, 0.1) is 11.6 Å². The van der Waals surface area contributed by atoms with Gasteiger partial charge in [-0.1, -0.05) is 54.6 Å². The van der Waals surface area contributed by atoms with Crippen LogP contribution in [0.1, 0.15) is 37.0 Å². The molecule has 9 heteroatoms. The lowest BCUT2D eigenvalue weighted by molar-refractivity contribution is -0.140. The molecule has 0 radical (unpaired) electrons. The zero-order valence-corrected chi connectivity index (χ0v) is 21.9. The Balaban J connectivity index is 1.32. The van der Waals surface area contributed by atoms with Gasteiger partial charge < -0.3 is 14.3 Å². The summed E-state index contributed by atoms with van der Waals surface area (Å²) in [6.45, 7) is 1.72. The molecule has 2 heterocycles. The maximum absolute atomic E-state index is 15.6. The second kappa shape index (κ2) is 10.2. The average molecular weight is 555 g/mol. The summed E-state index contributed by atoms with van der Waals surface area (Å²) in [6, 6.07) is 19.2. The third kappa shape index (κ3) is 4.80. The van der Waals surface area contributed by atoms with Crippen molar-refractivity contribution in [3.63, 3.8) is 0 Å². The van der Waals surface area contributed by atoms with Crippen LogP contribution in [-0.4, -0.2) is 22.2 Å². The lowest BCUT2D eigenvalue weighted by atomic mass is 9.93. The summed E-state index contributed by atoms with van der Waals surface area (Å²) in [5.41, 5.74) is 1.10. The van der Waals surface area contributed by atoms with Crippen LogP contribution in [0.4, 0.5) is 19.3 Å². The molecule has 0 bridgehead atoms. The summed E-state index contributed by atoms with van der Waals surface area (Å²) >= 11 is 0. The number of ether oxygens (including phenoxy) is 1. The van der Waals surface area contributed by atoms with Gasteiger partial charge in [0.05, 0.1) is 22.9 Å². The van der Waals surface area contributed by atoms with Crippen molar-refractivity contribution in [1.29, 1.82) is 0 Å². The van der Waals surface area contributed by atoms with Crippen molar-refractivity contribution < 1.29 is 32.6 Å². The predicted octanol–water partition coefficient (Wildman–Crippen LogP) is 7.87. The second-order valence-electron chi connectivity index (χ2n) is 10.0. The van der Waals surface area contributed by atoms with E-state index in [0.717, 1.165) is 17.7 Å². The number of rotatable bonds is 7. The average Bonchev–Trinajstić information content (AvgIpc) is 3.72. The Morgan fingerprint density at radius 3 is 2.37 bits per heavy atom. The molecule has 2 aromatic heterocycles. The molecule has 41 heavy (non-hydrogen) atoms. The number of furan rings is 1. The minimum absolute atomic E-state index is 0.00125. The number of amides is 1. The smallest absolute Gasteiger partial charge is 0.412 e. The SMILES string of the molecule is C[C@@H](OC(=O)Nc1c(-c2cc(F)c(-c3ccc(C4(C(=O)O)CC4)cc3)cc2F)oc2cnccc12)c1ccccc1. The van der Waals surface area contributed by atoms with E-state index >= 15 is 8.78 Å². The second-order valence-corrected chi connectivity index (χ2v) is 10.0. The van der Waals surface area contributed by atoms with Gasteiger partial charge in [0, 0.05) is 17.1 Å². The Hall–Kier alpha value is -5.05. The minimum atomic E-state index is -0.897. The van der Waals surface area contributed by atoms with E-state index in [1.165, 1.54) is 12.4 Å². The first-order chi connectivity index (χ1) is 19.8. The molecule has 2 N–H and O–H groups in total. The van der Waals surface area contributed by atoms with Crippen LogP contribution in [0.2, 0.25) is 0 Å². The molecule has 206 valence electrons. The molecule has 0 aliphatic heterocycles. The summed E-state index contributed by atoms with van der Waals surface area (Å²) in [6.07, 6.45) is 2.63. The Labute approximate surface area is 233 Å². The third-order valence-electron chi connectivity index (χ3n) is 7.48. The number of pyridine rings is 1. The molecule has 0 unspecified atom stereocenters. The number of anilines is 1. The van der Waals surface area contributed by atoms with E-state index in [0.29, 0.717) is 29.4 Å². The standard InChI is InChI=1S/C32H24F2N2O5/c1-18(19-5-3-2-4-6-19)40-31(39)36-28-22-11-14-35-17-27(22)41-29(28)24-16-25(33)23(15-26(24)34)20-7-9-21(10-8-20)32(12-13-32)30(37)38/h2-11,14-18H,12-13H2,1H3,(H,36,39)(H,37,38)/t18-/m1/s1. The number of halogens is 2. The van der Waals surface area contributed by atoms with Crippen LogP contribution in [0.15, 0.2) is 89.6 Å². The number of nitrogens with zero attached hydrogens (tertiary/aromatic N) is 1. The van der Waals surface area contributed by atoms with E-state index in [2.05, 4.69) is 10.3 Å². The van der Waals surface area contributed by atoms with Crippen LogP contribution < -0.4 is 5.32 Å². The van der Waals surface area contributed by atoms with Crippen LogP contribution >= 0.6 is 0 Å². The molecule has 6 rings (SSSR count). The fraction of sp³-hybridized carbons (Fsp3) is 0.156. The lowest BCUT2D eigenvalue weighted by Gasteiger charge is -2.15. The zero-order chi connectivity index (χ0) is 28.7. The lowest BCUT2D eigenvalue weighted by Crippen LogP contribution is -2.19. The Morgan fingerprint density at radius 2 is 1.68 bits per heavy atom. The first-order valence-corrected chi connectivity index (χ1v) is 13.0. The van der Waals surface area contributed by atoms with Crippen LogP contribution in [0.25, 0.3) is 33.4 Å². The number of fused-ring (bicyclic) bond motifs is 1. The van der Waals surface area contributed by atoms with Gasteiger partial charge in [0.2, 0.25) is 0 Å². The summed E-state index contributed by atoms with van der Waals surface area (Å²) in [4.78, 5) is 28.5. The maximum Gasteiger partial charge on any atom is 0.412 e. The number of aromatic nitrogens is 1. The number of carboxylic acid groups (broad SMARTS) is 1. The summed E-state index contributed by atoms with van der Waals surface area (Å²) in [5, 5.41) is 12.6. The van der Waals surface area contributed by atoms with Gasteiger partial charge in [-0.3, -0.25) is 15.1 Å². The van der Waals surface area contributed by atoms with Crippen molar-refractivity contribution in [2.75, 3.05) is 5.32 Å². The van der Waals surface area contributed by atoms with Gasteiger partial charge in [0.25, 0.3) is 0 Å². The van der Waals surface area contributed by atoms with Crippen molar-refractivity contribution in [2.45, 2.75) is 31.3 Å². The van der Waals surface area contributed by atoms with Gasteiger partial charge in [-0.2, -0.15) is 0 Å². The van der Waals surface area contributed by atoms with Gasteiger partial charge in [-0.15, -0.1) is 0 Å². The highest BCUT2D eigenvalue weighted by Crippen LogP contribution is 2.49. The first kappa shape index (κ1) is 26.2. The summed E-state index contributed by atoms with van der Waals surface area (Å²) in [5.74, 6) is -2.49. The van der Waals surface area contributed by atoms with Crippen molar-refractivity contribution in [1.82, 2.24) is 4.98 Å². The molecule has 7 nitrogen and oxygen atoms in total. The highest BCUT2D eigenvalue weighted by molar-refractivity contribution is 6.04.